The predicted octanol–water partition coefficient (Wildman–Crippen LogP) is 1.94. The number of hydrogen-bond acceptors (Lipinski definition) is 4. The monoisotopic (exact) mass is 371 g/mol. The molecule has 2 rings (SSSR count). The summed E-state index contributed by atoms with van der Waals surface area (Å²) >= 11 is 3.26. The smallest absolute Gasteiger partial charge is 0.243 e. The Morgan fingerprint density at radius 3 is 2.90 bits per heavy atom. The standard InChI is InChI=1S/C14H18BrN3O2S/c1-17-9-11-3-2-4-18(10-11)21(19,20)14-6-12(8-16)5-13(15)7-14/h5-7,11,17H,2-4,9-10H2,1H3. The fourth-order valence-electron chi connectivity index (χ4n) is 2.63. The van der Waals surface area contributed by atoms with Gasteiger partial charge in [0.15, 0.2) is 0 Å². The molecule has 0 saturated carbocycles. The molecule has 0 spiro atoms. The van der Waals surface area contributed by atoms with Gasteiger partial charge in [-0.15, -0.1) is 0 Å². The molecule has 1 saturated heterocycles. The van der Waals surface area contributed by atoms with Crippen molar-refractivity contribution in [2.24, 2.45) is 5.92 Å². The molecule has 114 valence electrons. The van der Waals surface area contributed by atoms with Crippen LogP contribution in [0, 0.1) is 17.2 Å². The minimum absolute atomic E-state index is 0.179. The van der Waals surface area contributed by atoms with E-state index in [1.54, 1.807) is 12.1 Å². The summed E-state index contributed by atoms with van der Waals surface area (Å²) in [5.74, 6) is 0.334. The molecule has 0 aliphatic carbocycles. The minimum atomic E-state index is -3.54. The van der Waals surface area contributed by atoms with E-state index in [9.17, 15) is 8.42 Å². The van der Waals surface area contributed by atoms with Gasteiger partial charge in [0.05, 0.1) is 16.5 Å². The van der Waals surface area contributed by atoms with E-state index in [0.717, 1.165) is 19.4 Å². The van der Waals surface area contributed by atoms with E-state index in [-0.39, 0.29) is 4.90 Å². The SMILES string of the molecule is CNCC1CCCN(S(=O)(=O)c2cc(Br)cc(C#N)c2)C1. The lowest BCUT2D eigenvalue weighted by Crippen LogP contribution is -2.42. The first-order valence-electron chi connectivity index (χ1n) is 6.83. The van der Waals surface area contributed by atoms with Gasteiger partial charge in [0.2, 0.25) is 10.0 Å². The summed E-state index contributed by atoms with van der Waals surface area (Å²) in [7, 11) is -1.67. The number of sulfonamides is 1. The molecule has 1 atom stereocenters. The summed E-state index contributed by atoms with van der Waals surface area (Å²) in [6.45, 7) is 1.88. The van der Waals surface area contributed by atoms with Crippen molar-refractivity contribution in [2.45, 2.75) is 17.7 Å². The highest BCUT2D eigenvalue weighted by Crippen LogP contribution is 2.26. The number of rotatable bonds is 4. The van der Waals surface area contributed by atoms with Crippen LogP contribution in [0.2, 0.25) is 0 Å². The quantitative estimate of drug-likeness (QED) is 0.877. The normalized spacial score (nSPS) is 20.1. The first-order chi connectivity index (χ1) is 9.97. The molecule has 7 heteroatoms. The number of piperidine rings is 1. The second-order valence-corrected chi connectivity index (χ2v) is 8.07. The summed E-state index contributed by atoms with van der Waals surface area (Å²) in [5, 5.41) is 12.1. The number of nitrogens with zero attached hydrogens (tertiary/aromatic N) is 2. The molecule has 0 bridgehead atoms. The molecule has 1 aliphatic heterocycles. The van der Waals surface area contributed by atoms with Gasteiger partial charge in [0.1, 0.15) is 0 Å². The van der Waals surface area contributed by atoms with Crippen LogP contribution in [-0.4, -0.2) is 39.4 Å². The van der Waals surface area contributed by atoms with Crippen molar-refractivity contribution in [3.63, 3.8) is 0 Å². The number of hydrogen-bond donors (Lipinski definition) is 1. The van der Waals surface area contributed by atoms with Gasteiger partial charge in [-0.2, -0.15) is 9.57 Å². The van der Waals surface area contributed by atoms with Gasteiger partial charge in [-0.1, -0.05) is 15.9 Å². The van der Waals surface area contributed by atoms with Crippen molar-refractivity contribution in [1.29, 1.82) is 5.26 Å². The molecule has 1 fully saturated rings. The maximum Gasteiger partial charge on any atom is 0.243 e. The summed E-state index contributed by atoms with van der Waals surface area (Å²) in [6.07, 6.45) is 1.90. The fraction of sp³-hybridized carbons (Fsp3) is 0.500. The summed E-state index contributed by atoms with van der Waals surface area (Å²) in [6, 6.07) is 6.59. The number of benzene rings is 1. The Morgan fingerprint density at radius 1 is 1.48 bits per heavy atom. The van der Waals surface area contributed by atoms with Crippen LogP contribution < -0.4 is 5.32 Å². The van der Waals surface area contributed by atoms with Crippen molar-refractivity contribution in [2.75, 3.05) is 26.7 Å². The van der Waals surface area contributed by atoms with E-state index in [2.05, 4.69) is 21.2 Å². The zero-order valence-corrected chi connectivity index (χ0v) is 14.2. The van der Waals surface area contributed by atoms with Crippen molar-refractivity contribution >= 4 is 26.0 Å². The van der Waals surface area contributed by atoms with Crippen LogP contribution in [0.5, 0.6) is 0 Å². The van der Waals surface area contributed by atoms with Gasteiger partial charge in [-0.25, -0.2) is 8.42 Å². The largest absolute Gasteiger partial charge is 0.319 e. The lowest BCUT2D eigenvalue weighted by molar-refractivity contribution is 0.263. The Morgan fingerprint density at radius 2 is 2.24 bits per heavy atom. The first kappa shape index (κ1) is 16.4. The Hall–Kier alpha value is -0.940. The van der Waals surface area contributed by atoms with Crippen LogP contribution in [0.1, 0.15) is 18.4 Å². The average Bonchev–Trinajstić information content (AvgIpc) is 2.47. The van der Waals surface area contributed by atoms with Gasteiger partial charge in [0, 0.05) is 17.6 Å². The van der Waals surface area contributed by atoms with E-state index in [4.69, 9.17) is 5.26 Å². The Labute approximate surface area is 134 Å². The van der Waals surface area contributed by atoms with E-state index in [1.807, 2.05) is 13.1 Å². The highest BCUT2D eigenvalue weighted by atomic mass is 79.9. The minimum Gasteiger partial charge on any atom is -0.319 e. The maximum absolute atomic E-state index is 12.7. The third kappa shape index (κ3) is 3.83. The molecule has 1 aromatic rings. The van der Waals surface area contributed by atoms with Gasteiger partial charge in [-0.05, 0) is 50.6 Å². The lowest BCUT2D eigenvalue weighted by Gasteiger charge is -2.31. The highest BCUT2D eigenvalue weighted by molar-refractivity contribution is 9.10. The van der Waals surface area contributed by atoms with Crippen LogP contribution in [0.25, 0.3) is 0 Å². The lowest BCUT2D eigenvalue weighted by atomic mass is 10.00. The summed E-state index contributed by atoms with van der Waals surface area (Å²) in [4.78, 5) is 0.179. The zero-order chi connectivity index (χ0) is 15.5. The number of halogens is 1. The highest BCUT2D eigenvalue weighted by Gasteiger charge is 2.30. The Balaban J connectivity index is 2.29. The fourth-order valence-corrected chi connectivity index (χ4v) is 4.90. The van der Waals surface area contributed by atoms with Crippen LogP contribution in [0.4, 0.5) is 0 Å². The topological polar surface area (TPSA) is 73.2 Å². The summed E-state index contributed by atoms with van der Waals surface area (Å²) < 4.78 is 27.6. The molecule has 1 heterocycles. The zero-order valence-electron chi connectivity index (χ0n) is 11.8. The molecular weight excluding hydrogens is 354 g/mol. The molecule has 5 nitrogen and oxygen atoms in total. The molecule has 1 unspecified atom stereocenters. The molecule has 0 amide bonds. The van der Waals surface area contributed by atoms with Gasteiger partial charge in [-0.3, -0.25) is 0 Å². The second kappa shape index (κ2) is 6.88. The van der Waals surface area contributed by atoms with Crippen molar-refractivity contribution in [1.82, 2.24) is 9.62 Å². The van der Waals surface area contributed by atoms with E-state index in [1.165, 1.54) is 10.4 Å². The molecule has 1 N–H and O–H groups in total. The van der Waals surface area contributed by atoms with Crippen molar-refractivity contribution in [3.8, 4) is 6.07 Å². The van der Waals surface area contributed by atoms with Crippen LogP contribution in [0.3, 0.4) is 0 Å². The predicted molar refractivity (Wildman–Crippen MR) is 84.3 cm³/mol. The third-order valence-electron chi connectivity index (χ3n) is 3.61. The maximum atomic E-state index is 12.7. The van der Waals surface area contributed by atoms with Crippen LogP contribution in [0.15, 0.2) is 27.6 Å². The summed E-state index contributed by atoms with van der Waals surface area (Å²) in [5.41, 5.74) is 0.340. The van der Waals surface area contributed by atoms with E-state index >= 15 is 0 Å². The van der Waals surface area contributed by atoms with Gasteiger partial charge >= 0.3 is 0 Å². The van der Waals surface area contributed by atoms with Crippen LogP contribution >= 0.6 is 15.9 Å². The van der Waals surface area contributed by atoms with E-state index in [0.29, 0.717) is 29.0 Å². The molecule has 21 heavy (non-hydrogen) atoms. The molecular formula is C14H18BrN3O2S. The van der Waals surface area contributed by atoms with Gasteiger partial charge < -0.3 is 5.32 Å². The second-order valence-electron chi connectivity index (χ2n) is 5.22. The molecule has 1 aliphatic rings. The number of nitrogens with one attached hydrogen (secondary N) is 1. The molecule has 0 radical (unpaired) electrons. The molecule has 1 aromatic carbocycles. The molecule has 0 aromatic heterocycles. The van der Waals surface area contributed by atoms with E-state index < -0.39 is 10.0 Å². The van der Waals surface area contributed by atoms with Gasteiger partial charge in [0.25, 0.3) is 0 Å². The Kier molecular flexibility index (Phi) is 5.38. The number of nitriles is 1. The van der Waals surface area contributed by atoms with Crippen molar-refractivity contribution < 1.29 is 8.42 Å². The third-order valence-corrected chi connectivity index (χ3v) is 5.91. The Bertz CT molecular complexity index is 653. The average molecular weight is 372 g/mol. The van der Waals surface area contributed by atoms with Crippen LogP contribution in [-0.2, 0) is 10.0 Å². The van der Waals surface area contributed by atoms with Crippen molar-refractivity contribution in [3.05, 3.63) is 28.2 Å². The first-order valence-corrected chi connectivity index (χ1v) is 9.06.